The first kappa shape index (κ1) is 13.1. The van der Waals surface area contributed by atoms with Crippen molar-refractivity contribution in [1.82, 2.24) is 14.8 Å². The highest BCUT2D eigenvalue weighted by Gasteiger charge is 2.11. The van der Waals surface area contributed by atoms with Crippen LogP contribution in [0, 0.1) is 0 Å². The molecule has 0 bridgehead atoms. The van der Waals surface area contributed by atoms with E-state index >= 15 is 0 Å². The third-order valence-corrected chi connectivity index (χ3v) is 2.85. The van der Waals surface area contributed by atoms with Gasteiger partial charge in [0.1, 0.15) is 5.56 Å². The molecular formula is C13H16N4O2. The first-order valence-electron chi connectivity index (χ1n) is 6.04. The number of aryl methyl sites for hydroxylation is 2. The summed E-state index contributed by atoms with van der Waals surface area (Å²) in [6, 6.07) is 1.66. The van der Waals surface area contributed by atoms with Gasteiger partial charge in [0, 0.05) is 37.7 Å². The van der Waals surface area contributed by atoms with Crippen LogP contribution in [0.5, 0.6) is 0 Å². The van der Waals surface area contributed by atoms with Gasteiger partial charge in [-0.3, -0.25) is 9.67 Å². The van der Waals surface area contributed by atoms with Crippen LogP contribution < -0.4 is 5.32 Å². The number of nitrogens with one attached hydrogen (secondary N) is 1. The molecule has 0 amide bonds. The molecule has 2 rings (SSSR count). The number of aromatic nitrogens is 3. The highest BCUT2D eigenvalue weighted by Crippen LogP contribution is 2.16. The first-order chi connectivity index (χ1) is 9.11. The Morgan fingerprint density at radius 2 is 2.32 bits per heavy atom. The largest absolute Gasteiger partial charge is 0.478 e. The molecule has 6 heteroatoms. The van der Waals surface area contributed by atoms with Gasteiger partial charge in [0.15, 0.2) is 0 Å². The summed E-state index contributed by atoms with van der Waals surface area (Å²) in [5.41, 5.74) is 2.82. The van der Waals surface area contributed by atoms with Gasteiger partial charge in [-0.2, -0.15) is 5.10 Å². The second kappa shape index (κ2) is 5.51. The predicted molar refractivity (Wildman–Crippen MR) is 71.1 cm³/mol. The van der Waals surface area contributed by atoms with Gasteiger partial charge in [-0.15, -0.1) is 0 Å². The number of rotatable bonds is 5. The molecule has 0 aliphatic heterocycles. The van der Waals surface area contributed by atoms with Crippen LogP contribution in [0.15, 0.2) is 24.7 Å². The topological polar surface area (TPSA) is 80.0 Å². The minimum atomic E-state index is -0.988. The minimum absolute atomic E-state index is 0.171. The van der Waals surface area contributed by atoms with Crippen molar-refractivity contribution in [3.63, 3.8) is 0 Å². The van der Waals surface area contributed by atoms with Crippen LogP contribution in [-0.2, 0) is 20.0 Å². The normalized spacial score (nSPS) is 10.4. The Labute approximate surface area is 111 Å². The molecule has 0 aliphatic carbocycles. The van der Waals surface area contributed by atoms with Crippen molar-refractivity contribution in [3.05, 3.63) is 41.5 Å². The Balaban J connectivity index is 2.16. The van der Waals surface area contributed by atoms with E-state index in [-0.39, 0.29) is 5.56 Å². The van der Waals surface area contributed by atoms with Gasteiger partial charge in [0.25, 0.3) is 0 Å². The molecule has 2 heterocycles. The SMILES string of the molecule is CCc1nn(C)cc1CNc1ccncc1C(=O)O. The second-order valence-corrected chi connectivity index (χ2v) is 4.21. The van der Waals surface area contributed by atoms with Gasteiger partial charge >= 0.3 is 5.97 Å². The van der Waals surface area contributed by atoms with Crippen LogP contribution in [-0.4, -0.2) is 25.8 Å². The number of aromatic carboxylic acids is 1. The quantitative estimate of drug-likeness (QED) is 0.855. The zero-order valence-electron chi connectivity index (χ0n) is 10.9. The molecule has 0 fully saturated rings. The lowest BCUT2D eigenvalue weighted by Gasteiger charge is -2.08. The van der Waals surface area contributed by atoms with Crippen LogP contribution in [0.25, 0.3) is 0 Å². The summed E-state index contributed by atoms with van der Waals surface area (Å²) in [6.07, 6.45) is 5.70. The summed E-state index contributed by atoms with van der Waals surface area (Å²) in [5.74, 6) is -0.988. The summed E-state index contributed by atoms with van der Waals surface area (Å²) < 4.78 is 1.76. The molecular weight excluding hydrogens is 244 g/mol. The monoisotopic (exact) mass is 260 g/mol. The van der Waals surface area contributed by atoms with Crippen LogP contribution in [0.1, 0.15) is 28.5 Å². The first-order valence-corrected chi connectivity index (χ1v) is 6.04. The van der Waals surface area contributed by atoms with Gasteiger partial charge in [-0.25, -0.2) is 4.79 Å². The van der Waals surface area contributed by atoms with Gasteiger partial charge in [0.2, 0.25) is 0 Å². The summed E-state index contributed by atoms with van der Waals surface area (Å²) in [6.45, 7) is 2.59. The fourth-order valence-corrected chi connectivity index (χ4v) is 1.94. The number of carbonyl (C=O) groups is 1. The van der Waals surface area contributed by atoms with Gasteiger partial charge in [-0.05, 0) is 12.5 Å². The molecule has 100 valence electrons. The van der Waals surface area contributed by atoms with Gasteiger partial charge < -0.3 is 10.4 Å². The molecule has 6 nitrogen and oxygen atoms in total. The number of pyridine rings is 1. The average Bonchev–Trinajstić information content (AvgIpc) is 2.77. The predicted octanol–water partition coefficient (Wildman–Crippen LogP) is 1.69. The van der Waals surface area contributed by atoms with Crippen molar-refractivity contribution in [2.75, 3.05) is 5.32 Å². The van der Waals surface area contributed by atoms with Crippen LogP contribution >= 0.6 is 0 Å². The molecule has 0 saturated heterocycles. The maximum atomic E-state index is 11.1. The number of hydrogen-bond acceptors (Lipinski definition) is 4. The fourth-order valence-electron chi connectivity index (χ4n) is 1.94. The van der Waals surface area contributed by atoms with E-state index in [1.54, 1.807) is 16.9 Å². The van der Waals surface area contributed by atoms with Gasteiger partial charge in [-0.1, -0.05) is 6.92 Å². The van der Waals surface area contributed by atoms with E-state index in [4.69, 9.17) is 5.11 Å². The maximum absolute atomic E-state index is 11.1. The molecule has 19 heavy (non-hydrogen) atoms. The van der Waals surface area contributed by atoms with Crippen LogP contribution in [0.3, 0.4) is 0 Å². The number of nitrogens with zero attached hydrogens (tertiary/aromatic N) is 3. The smallest absolute Gasteiger partial charge is 0.339 e. The van der Waals surface area contributed by atoms with Crippen molar-refractivity contribution in [1.29, 1.82) is 0 Å². The summed E-state index contributed by atoms with van der Waals surface area (Å²) in [4.78, 5) is 14.9. The Kier molecular flexibility index (Phi) is 3.79. The standard InChI is InChI=1S/C13H16N4O2/c1-3-11-9(8-17(2)16-11)6-15-12-4-5-14-7-10(12)13(18)19/h4-5,7-8H,3,6H2,1-2H3,(H,14,15)(H,18,19). The molecule has 2 aromatic heterocycles. The molecule has 0 saturated carbocycles. The Hall–Kier alpha value is -2.37. The van der Waals surface area contributed by atoms with Crippen molar-refractivity contribution in [3.8, 4) is 0 Å². The van der Waals surface area contributed by atoms with E-state index in [0.29, 0.717) is 12.2 Å². The van der Waals surface area contributed by atoms with Crippen molar-refractivity contribution < 1.29 is 9.90 Å². The lowest BCUT2D eigenvalue weighted by atomic mass is 10.2. The lowest BCUT2D eigenvalue weighted by molar-refractivity contribution is 0.0697. The average molecular weight is 260 g/mol. The van der Waals surface area contributed by atoms with Crippen molar-refractivity contribution in [2.45, 2.75) is 19.9 Å². The highest BCUT2D eigenvalue weighted by molar-refractivity contribution is 5.93. The van der Waals surface area contributed by atoms with E-state index in [0.717, 1.165) is 17.7 Å². The fraction of sp³-hybridized carbons (Fsp3) is 0.308. The highest BCUT2D eigenvalue weighted by atomic mass is 16.4. The third kappa shape index (κ3) is 2.90. The lowest BCUT2D eigenvalue weighted by Crippen LogP contribution is -2.07. The molecule has 0 aromatic carbocycles. The Bertz CT molecular complexity index is 592. The van der Waals surface area contributed by atoms with Crippen molar-refractivity contribution >= 4 is 11.7 Å². The van der Waals surface area contributed by atoms with E-state index in [2.05, 4.69) is 15.4 Å². The van der Waals surface area contributed by atoms with E-state index in [1.807, 2.05) is 20.2 Å². The molecule has 2 aromatic rings. The zero-order valence-corrected chi connectivity index (χ0v) is 10.9. The van der Waals surface area contributed by atoms with Crippen molar-refractivity contribution in [2.24, 2.45) is 7.05 Å². The van der Waals surface area contributed by atoms with Gasteiger partial charge in [0.05, 0.1) is 11.4 Å². The van der Waals surface area contributed by atoms with Crippen LogP contribution in [0.4, 0.5) is 5.69 Å². The Morgan fingerprint density at radius 3 is 3.00 bits per heavy atom. The number of carboxylic acid groups (broad SMARTS) is 1. The molecule has 0 unspecified atom stereocenters. The summed E-state index contributed by atoms with van der Waals surface area (Å²) in [5, 5.41) is 16.5. The maximum Gasteiger partial charge on any atom is 0.339 e. The van der Waals surface area contributed by atoms with E-state index in [9.17, 15) is 4.79 Å². The van der Waals surface area contributed by atoms with E-state index in [1.165, 1.54) is 6.20 Å². The molecule has 0 radical (unpaired) electrons. The Morgan fingerprint density at radius 1 is 1.53 bits per heavy atom. The summed E-state index contributed by atoms with van der Waals surface area (Å²) in [7, 11) is 1.87. The number of anilines is 1. The molecule has 0 spiro atoms. The molecule has 0 atom stereocenters. The summed E-state index contributed by atoms with van der Waals surface area (Å²) >= 11 is 0. The zero-order chi connectivity index (χ0) is 13.8. The minimum Gasteiger partial charge on any atom is -0.478 e. The third-order valence-electron chi connectivity index (χ3n) is 2.85. The number of hydrogen-bond donors (Lipinski definition) is 2. The number of carboxylic acids is 1. The molecule has 2 N–H and O–H groups in total. The van der Waals surface area contributed by atoms with Crippen LogP contribution in [0.2, 0.25) is 0 Å². The second-order valence-electron chi connectivity index (χ2n) is 4.21. The molecule has 0 aliphatic rings. The van der Waals surface area contributed by atoms with E-state index < -0.39 is 5.97 Å².